The van der Waals surface area contributed by atoms with E-state index in [-0.39, 0.29) is 5.91 Å². The number of carbonyl (C=O) groups excluding carboxylic acids is 1. The number of aromatic nitrogens is 2. The molecule has 2 aliphatic rings. The molecule has 0 aromatic carbocycles. The second-order valence-electron chi connectivity index (χ2n) is 7.58. The summed E-state index contributed by atoms with van der Waals surface area (Å²) in [6, 6.07) is 1.08. The third kappa shape index (κ3) is 3.94. The van der Waals surface area contributed by atoms with E-state index in [9.17, 15) is 13.2 Å². The first kappa shape index (κ1) is 19.3. The Morgan fingerprint density at radius 3 is 2.62 bits per heavy atom. The number of nitrogens with zero attached hydrogens (tertiary/aromatic N) is 4. The van der Waals surface area contributed by atoms with E-state index in [0.717, 1.165) is 18.7 Å². The van der Waals surface area contributed by atoms with Crippen molar-refractivity contribution >= 4 is 21.9 Å². The van der Waals surface area contributed by atoms with E-state index in [1.165, 1.54) is 4.31 Å². The molecule has 2 saturated heterocycles. The van der Waals surface area contributed by atoms with Crippen molar-refractivity contribution in [1.29, 1.82) is 0 Å². The Morgan fingerprint density at radius 1 is 1.27 bits per heavy atom. The summed E-state index contributed by atoms with van der Waals surface area (Å²) in [5.74, 6) is 1.18. The normalized spacial score (nSPS) is 28.5. The summed E-state index contributed by atoms with van der Waals surface area (Å²) >= 11 is 0. The van der Waals surface area contributed by atoms with Crippen molar-refractivity contribution in [2.45, 2.75) is 52.6 Å². The molecule has 2 fully saturated rings. The molecule has 1 aromatic heterocycles. The van der Waals surface area contributed by atoms with Crippen molar-refractivity contribution in [1.82, 2.24) is 18.8 Å². The Kier molecular flexibility index (Phi) is 5.69. The van der Waals surface area contributed by atoms with Gasteiger partial charge in [-0.25, -0.2) is 4.68 Å². The lowest BCUT2D eigenvalue weighted by molar-refractivity contribution is -0.121. The second-order valence-corrected chi connectivity index (χ2v) is 9.28. The van der Waals surface area contributed by atoms with E-state index in [2.05, 4.69) is 23.7 Å². The number of hydrogen-bond acceptors (Lipinski definition) is 4. The lowest BCUT2D eigenvalue weighted by atomic mass is 9.94. The highest BCUT2D eigenvalue weighted by Gasteiger charge is 2.37. The van der Waals surface area contributed by atoms with Crippen molar-refractivity contribution in [2.24, 2.45) is 11.8 Å². The fraction of sp³-hybridized carbons (Fsp3) is 0.765. The largest absolute Gasteiger partial charge is 0.296 e. The van der Waals surface area contributed by atoms with Crippen LogP contribution in [0.4, 0.5) is 5.82 Å². The number of amides is 1. The first-order valence-electron chi connectivity index (χ1n) is 9.42. The van der Waals surface area contributed by atoms with E-state index in [1.54, 1.807) is 21.8 Å². The summed E-state index contributed by atoms with van der Waals surface area (Å²) in [4.78, 5) is 14.6. The van der Waals surface area contributed by atoms with Gasteiger partial charge in [0, 0.05) is 32.2 Å². The van der Waals surface area contributed by atoms with Crippen LogP contribution in [0.5, 0.6) is 0 Å². The van der Waals surface area contributed by atoms with Gasteiger partial charge in [-0.15, -0.1) is 0 Å². The summed E-state index contributed by atoms with van der Waals surface area (Å²) in [5.41, 5.74) is 0. The Labute approximate surface area is 155 Å². The van der Waals surface area contributed by atoms with Gasteiger partial charge in [-0.1, -0.05) is 13.8 Å². The van der Waals surface area contributed by atoms with Crippen molar-refractivity contribution in [3.63, 3.8) is 0 Å². The molecule has 3 rings (SSSR count). The Bertz CT molecular complexity index is 737. The van der Waals surface area contributed by atoms with Crippen molar-refractivity contribution in [2.75, 3.05) is 24.5 Å². The zero-order valence-electron chi connectivity index (χ0n) is 15.8. The first-order chi connectivity index (χ1) is 12.3. The minimum absolute atomic E-state index is 0.201. The van der Waals surface area contributed by atoms with Crippen molar-refractivity contribution in [3.05, 3.63) is 12.3 Å². The highest BCUT2D eigenvalue weighted by atomic mass is 32.2. The van der Waals surface area contributed by atoms with E-state index in [4.69, 9.17) is 0 Å². The number of anilines is 1. The van der Waals surface area contributed by atoms with Gasteiger partial charge in [-0.05, 0) is 38.0 Å². The number of rotatable bonds is 5. The van der Waals surface area contributed by atoms with E-state index < -0.39 is 16.3 Å². The highest BCUT2D eigenvalue weighted by Crippen LogP contribution is 2.25. The van der Waals surface area contributed by atoms with Gasteiger partial charge in [0.2, 0.25) is 5.91 Å². The molecule has 146 valence electrons. The van der Waals surface area contributed by atoms with Crippen molar-refractivity contribution < 1.29 is 13.2 Å². The fourth-order valence-corrected chi connectivity index (χ4v) is 5.70. The van der Waals surface area contributed by atoms with Gasteiger partial charge in [0.25, 0.3) is 10.2 Å². The molecule has 1 N–H and O–H groups in total. The van der Waals surface area contributed by atoms with Crippen LogP contribution < -0.4 is 9.62 Å². The van der Waals surface area contributed by atoms with Crippen LogP contribution >= 0.6 is 0 Å². The molecule has 0 spiro atoms. The maximum Gasteiger partial charge on any atom is 0.280 e. The zero-order valence-corrected chi connectivity index (χ0v) is 16.6. The number of nitrogens with one attached hydrogen (secondary N) is 1. The van der Waals surface area contributed by atoms with Crippen LogP contribution in [-0.4, -0.2) is 54.1 Å². The summed E-state index contributed by atoms with van der Waals surface area (Å²) in [6.45, 7) is 8.35. The summed E-state index contributed by atoms with van der Waals surface area (Å²) in [7, 11) is -3.68. The predicted octanol–water partition coefficient (Wildman–Crippen LogP) is 1.21. The molecule has 0 saturated carbocycles. The van der Waals surface area contributed by atoms with Gasteiger partial charge < -0.3 is 0 Å². The highest BCUT2D eigenvalue weighted by molar-refractivity contribution is 7.87. The van der Waals surface area contributed by atoms with Gasteiger partial charge in [-0.2, -0.15) is 22.5 Å². The minimum atomic E-state index is -3.68. The van der Waals surface area contributed by atoms with Crippen LogP contribution in [0.25, 0.3) is 0 Å². The molecule has 0 radical (unpaired) electrons. The third-order valence-electron chi connectivity index (χ3n) is 5.18. The smallest absolute Gasteiger partial charge is 0.280 e. The molecule has 1 amide bonds. The van der Waals surface area contributed by atoms with Crippen LogP contribution in [0.2, 0.25) is 0 Å². The Morgan fingerprint density at radius 2 is 1.96 bits per heavy atom. The molecule has 8 nitrogen and oxygen atoms in total. The second kappa shape index (κ2) is 7.66. The molecule has 3 heterocycles. The topological polar surface area (TPSA) is 87.5 Å². The molecule has 3 atom stereocenters. The Balaban J connectivity index is 1.73. The van der Waals surface area contributed by atoms with Gasteiger partial charge in [0.05, 0.1) is 6.20 Å². The number of carbonyl (C=O) groups is 1. The van der Waals surface area contributed by atoms with E-state index in [1.807, 2.05) is 6.92 Å². The minimum Gasteiger partial charge on any atom is -0.296 e. The van der Waals surface area contributed by atoms with Crippen LogP contribution in [0.15, 0.2) is 12.3 Å². The standard InChI is InChI=1S/C17H29N5O3S/c1-4-22-16(7-8-18-22)21-9-5-6-15(17(21)23)19-26(24,25)20-11-13(2)10-14(3)12-20/h7-8,13-15,19H,4-6,9-12H2,1-3H3. The van der Waals surface area contributed by atoms with Crippen LogP contribution in [0.1, 0.15) is 40.0 Å². The third-order valence-corrected chi connectivity index (χ3v) is 6.74. The van der Waals surface area contributed by atoms with Gasteiger partial charge in [0.15, 0.2) is 0 Å². The molecule has 2 aliphatic heterocycles. The summed E-state index contributed by atoms with van der Waals surface area (Å²) in [6.07, 6.45) is 3.97. The lowest BCUT2D eigenvalue weighted by Gasteiger charge is -2.37. The molecule has 9 heteroatoms. The summed E-state index contributed by atoms with van der Waals surface area (Å²) < 4.78 is 31.6. The van der Waals surface area contributed by atoms with E-state index >= 15 is 0 Å². The SMILES string of the molecule is CCn1nccc1N1CCCC(NS(=O)(=O)N2CC(C)CC(C)C2)C1=O. The van der Waals surface area contributed by atoms with Crippen molar-refractivity contribution in [3.8, 4) is 0 Å². The quantitative estimate of drug-likeness (QED) is 0.828. The maximum atomic E-state index is 12.9. The average molecular weight is 384 g/mol. The zero-order chi connectivity index (χ0) is 18.9. The van der Waals surface area contributed by atoms with Gasteiger partial charge >= 0.3 is 0 Å². The van der Waals surface area contributed by atoms with Gasteiger partial charge in [-0.3, -0.25) is 9.69 Å². The molecular formula is C17H29N5O3S. The lowest BCUT2D eigenvalue weighted by Crippen LogP contribution is -2.57. The monoisotopic (exact) mass is 383 g/mol. The fourth-order valence-electron chi connectivity index (χ4n) is 4.07. The predicted molar refractivity (Wildman–Crippen MR) is 99.8 cm³/mol. The van der Waals surface area contributed by atoms with Crippen LogP contribution in [0.3, 0.4) is 0 Å². The van der Waals surface area contributed by atoms with Crippen LogP contribution in [0, 0.1) is 11.8 Å². The number of hydrogen-bond donors (Lipinski definition) is 1. The molecule has 3 unspecified atom stereocenters. The van der Waals surface area contributed by atoms with E-state index in [0.29, 0.717) is 44.4 Å². The molecule has 0 aliphatic carbocycles. The van der Waals surface area contributed by atoms with Gasteiger partial charge in [0.1, 0.15) is 11.9 Å². The molecule has 0 bridgehead atoms. The average Bonchev–Trinajstić information content (AvgIpc) is 3.04. The summed E-state index contributed by atoms with van der Waals surface area (Å²) in [5, 5.41) is 4.21. The molecule has 1 aromatic rings. The Hall–Kier alpha value is -1.45. The first-order valence-corrected chi connectivity index (χ1v) is 10.9. The maximum absolute atomic E-state index is 12.9. The van der Waals surface area contributed by atoms with Crippen LogP contribution in [-0.2, 0) is 21.5 Å². The number of aryl methyl sites for hydroxylation is 1. The molecule has 26 heavy (non-hydrogen) atoms. The molecular weight excluding hydrogens is 354 g/mol. The number of piperidine rings is 2.